The van der Waals surface area contributed by atoms with E-state index in [1.165, 1.54) is 0 Å². The first-order valence-electron chi connectivity index (χ1n) is 9.67. The Bertz CT molecular complexity index is 951. The molecule has 2 atom stereocenters. The molecule has 1 saturated heterocycles. The Morgan fingerprint density at radius 2 is 1.71 bits per heavy atom. The van der Waals surface area contributed by atoms with Crippen LogP contribution in [-0.4, -0.2) is 32.8 Å². The lowest BCUT2D eigenvalue weighted by Gasteiger charge is -2.26. The fourth-order valence-electron chi connectivity index (χ4n) is 3.84. The number of nitrogens with zero attached hydrogens (tertiary/aromatic N) is 2. The van der Waals surface area contributed by atoms with Gasteiger partial charge in [-0.1, -0.05) is 60.7 Å². The average molecular weight is 376 g/mol. The van der Waals surface area contributed by atoms with Crippen molar-refractivity contribution in [3.8, 4) is 22.5 Å². The van der Waals surface area contributed by atoms with E-state index >= 15 is 0 Å². The summed E-state index contributed by atoms with van der Waals surface area (Å²) in [5.74, 6) is 0.597. The van der Waals surface area contributed by atoms with Crippen LogP contribution in [0.15, 0.2) is 60.7 Å². The normalized spacial score (nSPS) is 19.4. The molecule has 0 amide bonds. The van der Waals surface area contributed by atoms with Crippen LogP contribution in [0.25, 0.3) is 22.5 Å². The summed E-state index contributed by atoms with van der Waals surface area (Å²) in [5.41, 5.74) is 4.18. The molecule has 2 unspecified atom stereocenters. The number of cyclic esters (lactones) is 1. The van der Waals surface area contributed by atoms with E-state index in [0.29, 0.717) is 19.4 Å². The van der Waals surface area contributed by atoms with Gasteiger partial charge in [-0.3, -0.25) is 4.79 Å². The van der Waals surface area contributed by atoms with Crippen molar-refractivity contribution in [3.63, 3.8) is 0 Å². The number of aryl methyl sites for hydroxylation is 1. The van der Waals surface area contributed by atoms with Gasteiger partial charge in [0.25, 0.3) is 0 Å². The van der Waals surface area contributed by atoms with Crippen LogP contribution in [0.4, 0.5) is 0 Å². The van der Waals surface area contributed by atoms with Crippen LogP contribution < -0.4 is 0 Å². The number of aromatic nitrogens is 2. The van der Waals surface area contributed by atoms with Crippen molar-refractivity contribution in [2.75, 3.05) is 0 Å². The van der Waals surface area contributed by atoms with Crippen LogP contribution in [0.3, 0.4) is 0 Å². The second-order valence-corrected chi connectivity index (χ2v) is 7.23. The SMILES string of the molecule is Cc1nc(-c2ccccc2)c(-c2ccccc2)n1CCC1CC(O)CC(=O)O1. The number of aliphatic hydroxyl groups is 1. The number of carbonyl (C=O) groups excluding carboxylic acids is 1. The topological polar surface area (TPSA) is 64.3 Å². The molecule has 4 rings (SSSR count). The number of esters is 1. The highest BCUT2D eigenvalue weighted by Crippen LogP contribution is 2.33. The number of hydrogen-bond donors (Lipinski definition) is 1. The van der Waals surface area contributed by atoms with Gasteiger partial charge in [0.15, 0.2) is 0 Å². The van der Waals surface area contributed by atoms with E-state index in [1.807, 2.05) is 43.3 Å². The lowest BCUT2D eigenvalue weighted by Crippen LogP contribution is -2.33. The molecule has 0 bridgehead atoms. The third-order valence-corrected chi connectivity index (χ3v) is 5.16. The number of hydrogen-bond acceptors (Lipinski definition) is 4. The Balaban J connectivity index is 1.69. The zero-order valence-electron chi connectivity index (χ0n) is 15.9. The molecule has 2 heterocycles. The monoisotopic (exact) mass is 376 g/mol. The summed E-state index contributed by atoms with van der Waals surface area (Å²) in [5, 5.41) is 9.87. The minimum Gasteiger partial charge on any atom is -0.462 e. The molecule has 1 fully saturated rings. The Morgan fingerprint density at radius 1 is 1.07 bits per heavy atom. The predicted molar refractivity (Wildman–Crippen MR) is 108 cm³/mol. The van der Waals surface area contributed by atoms with E-state index in [9.17, 15) is 9.90 Å². The third-order valence-electron chi connectivity index (χ3n) is 5.16. The van der Waals surface area contributed by atoms with Crippen molar-refractivity contribution in [3.05, 3.63) is 66.5 Å². The Morgan fingerprint density at radius 3 is 2.36 bits per heavy atom. The molecule has 0 spiro atoms. The fourth-order valence-corrected chi connectivity index (χ4v) is 3.84. The van der Waals surface area contributed by atoms with Gasteiger partial charge in [-0.15, -0.1) is 0 Å². The molecule has 144 valence electrons. The van der Waals surface area contributed by atoms with E-state index in [1.54, 1.807) is 0 Å². The first-order chi connectivity index (χ1) is 13.6. The van der Waals surface area contributed by atoms with Gasteiger partial charge in [0.2, 0.25) is 0 Å². The van der Waals surface area contributed by atoms with Crippen LogP contribution in [0.1, 0.15) is 25.1 Å². The van der Waals surface area contributed by atoms with Gasteiger partial charge in [0.1, 0.15) is 11.9 Å². The summed E-state index contributed by atoms with van der Waals surface area (Å²) in [7, 11) is 0. The molecular weight excluding hydrogens is 352 g/mol. The Hall–Kier alpha value is -2.92. The minimum absolute atomic E-state index is 0.0913. The number of carbonyl (C=O) groups is 1. The highest BCUT2D eigenvalue weighted by atomic mass is 16.5. The number of rotatable bonds is 5. The highest BCUT2D eigenvalue weighted by Gasteiger charge is 2.27. The molecule has 5 heteroatoms. The standard InChI is InChI=1S/C23H24N2O3/c1-16-24-22(17-8-4-2-5-9-17)23(18-10-6-3-7-11-18)25(16)13-12-20-14-19(26)15-21(27)28-20/h2-11,19-20,26H,12-15H2,1H3. The molecule has 0 radical (unpaired) electrons. The van der Waals surface area contributed by atoms with Crippen LogP contribution in [0, 0.1) is 6.92 Å². The summed E-state index contributed by atoms with van der Waals surface area (Å²) in [6.45, 7) is 2.67. The number of aliphatic hydroxyl groups excluding tert-OH is 1. The van der Waals surface area contributed by atoms with Gasteiger partial charge in [-0.25, -0.2) is 4.98 Å². The molecular formula is C23H24N2O3. The lowest BCUT2D eigenvalue weighted by atomic mass is 10.0. The van der Waals surface area contributed by atoms with E-state index in [-0.39, 0.29) is 18.5 Å². The van der Waals surface area contributed by atoms with Crippen molar-refractivity contribution >= 4 is 5.97 Å². The van der Waals surface area contributed by atoms with Gasteiger partial charge in [-0.2, -0.15) is 0 Å². The maximum atomic E-state index is 11.6. The van der Waals surface area contributed by atoms with Gasteiger partial charge in [0.05, 0.1) is 23.9 Å². The van der Waals surface area contributed by atoms with Gasteiger partial charge < -0.3 is 14.4 Å². The summed E-state index contributed by atoms with van der Waals surface area (Å²) in [6, 6.07) is 20.4. The summed E-state index contributed by atoms with van der Waals surface area (Å²) in [6.07, 6.45) is 0.360. The van der Waals surface area contributed by atoms with Crippen LogP contribution in [0.5, 0.6) is 0 Å². The van der Waals surface area contributed by atoms with Gasteiger partial charge in [-0.05, 0) is 6.92 Å². The molecule has 0 aliphatic carbocycles. The molecule has 1 aliphatic heterocycles. The maximum Gasteiger partial charge on any atom is 0.308 e. The second kappa shape index (κ2) is 7.98. The zero-order valence-corrected chi connectivity index (χ0v) is 15.9. The van der Waals surface area contributed by atoms with Gasteiger partial charge >= 0.3 is 5.97 Å². The molecule has 5 nitrogen and oxygen atoms in total. The molecule has 28 heavy (non-hydrogen) atoms. The van der Waals surface area contributed by atoms with Crippen molar-refractivity contribution in [1.29, 1.82) is 0 Å². The first-order valence-corrected chi connectivity index (χ1v) is 9.67. The van der Waals surface area contributed by atoms with E-state index in [4.69, 9.17) is 9.72 Å². The van der Waals surface area contributed by atoms with Crippen molar-refractivity contribution in [2.45, 2.75) is 44.9 Å². The molecule has 3 aromatic rings. The summed E-state index contributed by atoms with van der Waals surface area (Å²) in [4.78, 5) is 16.5. The summed E-state index contributed by atoms with van der Waals surface area (Å²) < 4.78 is 7.61. The van der Waals surface area contributed by atoms with Crippen LogP contribution in [0.2, 0.25) is 0 Å². The van der Waals surface area contributed by atoms with E-state index in [2.05, 4.69) is 28.8 Å². The average Bonchev–Trinajstić information content (AvgIpc) is 3.03. The first kappa shape index (κ1) is 18.4. The third kappa shape index (κ3) is 3.85. The largest absolute Gasteiger partial charge is 0.462 e. The molecule has 1 aromatic heterocycles. The molecule has 2 aromatic carbocycles. The van der Waals surface area contributed by atoms with Crippen LogP contribution >= 0.6 is 0 Å². The predicted octanol–water partition coefficient (Wildman–Crippen LogP) is 3.98. The minimum atomic E-state index is -0.608. The van der Waals surface area contributed by atoms with Crippen molar-refractivity contribution in [1.82, 2.24) is 9.55 Å². The maximum absolute atomic E-state index is 11.6. The number of benzene rings is 2. The number of ether oxygens (including phenoxy) is 1. The van der Waals surface area contributed by atoms with Crippen LogP contribution in [-0.2, 0) is 16.1 Å². The zero-order chi connectivity index (χ0) is 19.5. The Kier molecular flexibility index (Phi) is 5.26. The molecule has 1 N–H and O–H groups in total. The van der Waals surface area contributed by atoms with Crippen molar-refractivity contribution < 1.29 is 14.6 Å². The van der Waals surface area contributed by atoms with E-state index < -0.39 is 6.10 Å². The molecule has 0 saturated carbocycles. The fraction of sp³-hybridized carbons (Fsp3) is 0.304. The smallest absolute Gasteiger partial charge is 0.308 e. The lowest BCUT2D eigenvalue weighted by molar-refractivity contribution is -0.160. The second-order valence-electron chi connectivity index (χ2n) is 7.23. The van der Waals surface area contributed by atoms with Gasteiger partial charge in [0, 0.05) is 30.5 Å². The summed E-state index contributed by atoms with van der Waals surface area (Å²) >= 11 is 0. The highest BCUT2D eigenvalue weighted by molar-refractivity contribution is 5.79. The molecule has 1 aliphatic rings. The number of imidazole rings is 1. The van der Waals surface area contributed by atoms with Crippen molar-refractivity contribution in [2.24, 2.45) is 0 Å². The Labute approximate surface area is 164 Å². The van der Waals surface area contributed by atoms with E-state index in [0.717, 1.165) is 28.3 Å². The quantitative estimate of drug-likeness (QED) is 0.684.